The number of halogens is 1. The number of hydrogen-bond acceptors (Lipinski definition) is 2. The van der Waals surface area contributed by atoms with E-state index in [0.717, 1.165) is 24.8 Å². The van der Waals surface area contributed by atoms with Crippen LogP contribution in [0.25, 0.3) is 0 Å². The van der Waals surface area contributed by atoms with E-state index in [0.29, 0.717) is 23.6 Å². The Morgan fingerprint density at radius 1 is 1.37 bits per heavy atom. The Bertz CT molecular complexity index is 527. The van der Waals surface area contributed by atoms with Crippen molar-refractivity contribution in [2.24, 2.45) is 5.41 Å². The lowest BCUT2D eigenvalue weighted by Crippen LogP contribution is -2.36. The molecule has 1 aromatic carbocycles. The summed E-state index contributed by atoms with van der Waals surface area (Å²) in [6, 6.07) is 7.62. The third-order valence-corrected chi connectivity index (χ3v) is 4.28. The number of nitriles is 1. The first-order valence-electron chi connectivity index (χ1n) is 6.57. The van der Waals surface area contributed by atoms with E-state index in [-0.39, 0.29) is 5.91 Å². The van der Waals surface area contributed by atoms with Crippen molar-refractivity contribution < 1.29 is 4.79 Å². The molecule has 1 N–H and O–H groups in total. The number of carbonyl (C=O) groups is 1. The number of carbonyl (C=O) groups excluding carboxylic acids is 1. The molecule has 0 bridgehead atoms. The lowest BCUT2D eigenvalue weighted by atomic mass is 9.74. The van der Waals surface area contributed by atoms with E-state index in [4.69, 9.17) is 11.6 Å². The standard InChI is InChI=1S/C15H17ClN2O/c1-11-12(16)6-5-7-13(11)18-14(19)15(10-17)8-3-2-4-9-15/h5-7H,2-4,8-9H2,1H3,(H,18,19). The molecule has 0 aromatic heterocycles. The van der Waals surface area contributed by atoms with Gasteiger partial charge in [-0.25, -0.2) is 0 Å². The van der Waals surface area contributed by atoms with Crippen molar-refractivity contribution in [1.29, 1.82) is 5.26 Å². The first-order chi connectivity index (χ1) is 9.09. The highest BCUT2D eigenvalue weighted by atomic mass is 35.5. The quantitative estimate of drug-likeness (QED) is 0.885. The average Bonchev–Trinajstić information content (AvgIpc) is 2.44. The van der Waals surface area contributed by atoms with Gasteiger partial charge in [-0.1, -0.05) is 36.9 Å². The Kier molecular flexibility index (Phi) is 4.11. The minimum Gasteiger partial charge on any atom is -0.324 e. The van der Waals surface area contributed by atoms with Gasteiger partial charge < -0.3 is 5.32 Å². The highest BCUT2D eigenvalue weighted by molar-refractivity contribution is 6.31. The Balaban J connectivity index is 2.20. The molecule has 19 heavy (non-hydrogen) atoms. The molecular formula is C15H17ClN2O. The van der Waals surface area contributed by atoms with E-state index in [1.165, 1.54) is 0 Å². The SMILES string of the molecule is Cc1c(Cl)cccc1NC(=O)C1(C#N)CCCCC1. The summed E-state index contributed by atoms with van der Waals surface area (Å²) in [5.74, 6) is -0.194. The third-order valence-electron chi connectivity index (χ3n) is 3.87. The number of nitrogens with one attached hydrogen (secondary N) is 1. The summed E-state index contributed by atoms with van der Waals surface area (Å²) in [6.45, 7) is 1.86. The second-order valence-electron chi connectivity index (χ2n) is 5.12. The van der Waals surface area contributed by atoms with Crippen molar-refractivity contribution in [2.75, 3.05) is 5.32 Å². The molecule has 1 amide bonds. The summed E-state index contributed by atoms with van der Waals surface area (Å²) in [7, 11) is 0. The monoisotopic (exact) mass is 276 g/mol. The normalized spacial score (nSPS) is 17.5. The van der Waals surface area contributed by atoms with Gasteiger partial charge in [0.2, 0.25) is 5.91 Å². The molecule has 100 valence electrons. The van der Waals surface area contributed by atoms with Crippen molar-refractivity contribution in [2.45, 2.75) is 39.0 Å². The highest BCUT2D eigenvalue weighted by Crippen LogP contribution is 2.37. The minimum atomic E-state index is -0.868. The number of amides is 1. The van der Waals surface area contributed by atoms with Crippen LogP contribution in [0.15, 0.2) is 18.2 Å². The largest absolute Gasteiger partial charge is 0.324 e. The van der Waals surface area contributed by atoms with E-state index in [9.17, 15) is 10.1 Å². The van der Waals surface area contributed by atoms with Crippen LogP contribution in [0.4, 0.5) is 5.69 Å². The first-order valence-corrected chi connectivity index (χ1v) is 6.95. The Morgan fingerprint density at radius 2 is 2.05 bits per heavy atom. The summed E-state index contributed by atoms with van der Waals surface area (Å²) in [6.07, 6.45) is 4.28. The fourth-order valence-electron chi connectivity index (χ4n) is 2.53. The predicted molar refractivity (Wildman–Crippen MR) is 75.9 cm³/mol. The Morgan fingerprint density at radius 3 is 2.68 bits per heavy atom. The fourth-order valence-corrected chi connectivity index (χ4v) is 2.70. The van der Waals surface area contributed by atoms with E-state index in [1.807, 2.05) is 13.0 Å². The Labute approximate surface area is 118 Å². The van der Waals surface area contributed by atoms with Gasteiger partial charge in [0, 0.05) is 10.7 Å². The highest BCUT2D eigenvalue weighted by Gasteiger charge is 2.39. The summed E-state index contributed by atoms with van der Waals surface area (Å²) in [5.41, 5.74) is 0.659. The van der Waals surface area contributed by atoms with Crippen LogP contribution >= 0.6 is 11.6 Å². The molecule has 1 saturated carbocycles. The fraction of sp³-hybridized carbons (Fsp3) is 0.467. The third kappa shape index (κ3) is 2.74. The summed E-state index contributed by atoms with van der Waals surface area (Å²) < 4.78 is 0. The van der Waals surface area contributed by atoms with Crippen LogP contribution in [-0.2, 0) is 4.79 Å². The van der Waals surface area contributed by atoms with Gasteiger partial charge >= 0.3 is 0 Å². The summed E-state index contributed by atoms with van der Waals surface area (Å²) in [4.78, 5) is 12.4. The van der Waals surface area contributed by atoms with Gasteiger partial charge in [-0.05, 0) is 37.5 Å². The predicted octanol–water partition coefficient (Wildman–Crippen LogP) is 4.06. The molecule has 1 aromatic rings. The van der Waals surface area contributed by atoms with Crippen LogP contribution < -0.4 is 5.32 Å². The molecule has 0 aliphatic heterocycles. The number of anilines is 1. The molecule has 2 rings (SSSR count). The lowest BCUT2D eigenvalue weighted by Gasteiger charge is -2.29. The van der Waals surface area contributed by atoms with Crippen molar-refractivity contribution in [1.82, 2.24) is 0 Å². The van der Waals surface area contributed by atoms with Gasteiger partial charge in [0.25, 0.3) is 0 Å². The van der Waals surface area contributed by atoms with E-state index >= 15 is 0 Å². The molecule has 0 atom stereocenters. The zero-order valence-corrected chi connectivity index (χ0v) is 11.8. The number of nitrogens with zero attached hydrogens (tertiary/aromatic N) is 1. The molecule has 3 nitrogen and oxygen atoms in total. The number of benzene rings is 1. The molecule has 0 radical (unpaired) electrons. The van der Waals surface area contributed by atoms with Crippen molar-refractivity contribution in [3.05, 3.63) is 28.8 Å². The molecule has 0 heterocycles. The lowest BCUT2D eigenvalue weighted by molar-refractivity contribution is -0.124. The van der Waals surface area contributed by atoms with Crippen LogP contribution in [0.2, 0.25) is 5.02 Å². The minimum absolute atomic E-state index is 0.194. The van der Waals surface area contributed by atoms with Crippen LogP contribution in [0.1, 0.15) is 37.7 Å². The number of hydrogen-bond donors (Lipinski definition) is 1. The molecule has 4 heteroatoms. The molecule has 0 saturated heterocycles. The van der Waals surface area contributed by atoms with Crippen molar-refractivity contribution >= 4 is 23.2 Å². The van der Waals surface area contributed by atoms with Gasteiger partial charge in [0.1, 0.15) is 5.41 Å². The molecule has 0 unspecified atom stereocenters. The molecule has 1 aliphatic rings. The number of rotatable bonds is 2. The molecular weight excluding hydrogens is 260 g/mol. The van der Waals surface area contributed by atoms with Crippen LogP contribution in [-0.4, -0.2) is 5.91 Å². The second-order valence-corrected chi connectivity index (χ2v) is 5.53. The summed E-state index contributed by atoms with van der Waals surface area (Å²) >= 11 is 6.04. The van der Waals surface area contributed by atoms with Gasteiger partial charge in [-0.3, -0.25) is 4.79 Å². The summed E-state index contributed by atoms with van der Waals surface area (Å²) in [5, 5.41) is 12.9. The average molecular weight is 277 g/mol. The van der Waals surface area contributed by atoms with Crippen LogP contribution in [0.3, 0.4) is 0 Å². The Hall–Kier alpha value is -1.53. The van der Waals surface area contributed by atoms with Gasteiger partial charge in [-0.2, -0.15) is 5.26 Å². The van der Waals surface area contributed by atoms with Crippen molar-refractivity contribution in [3.63, 3.8) is 0 Å². The van der Waals surface area contributed by atoms with Gasteiger partial charge in [-0.15, -0.1) is 0 Å². The smallest absolute Gasteiger partial charge is 0.244 e. The maximum absolute atomic E-state index is 12.4. The van der Waals surface area contributed by atoms with Gasteiger partial charge in [0.15, 0.2) is 0 Å². The molecule has 0 spiro atoms. The maximum Gasteiger partial charge on any atom is 0.244 e. The van der Waals surface area contributed by atoms with Crippen molar-refractivity contribution in [3.8, 4) is 6.07 Å². The van der Waals surface area contributed by atoms with E-state index in [1.54, 1.807) is 12.1 Å². The topological polar surface area (TPSA) is 52.9 Å². The van der Waals surface area contributed by atoms with Crippen LogP contribution in [0, 0.1) is 23.7 Å². The molecule has 1 aliphatic carbocycles. The van der Waals surface area contributed by atoms with Crippen LogP contribution in [0.5, 0.6) is 0 Å². The second kappa shape index (κ2) is 5.63. The zero-order chi connectivity index (χ0) is 13.9. The maximum atomic E-state index is 12.4. The molecule has 1 fully saturated rings. The van der Waals surface area contributed by atoms with E-state index < -0.39 is 5.41 Å². The first kappa shape index (κ1) is 13.9. The zero-order valence-electron chi connectivity index (χ0n) is 11.0. The van der Waals surface area contributed by atoms with Gasteiger partial charge in [0.05, 0.1) is 6.07 Å². The van der Waals surface area contributed by atoms with E-state index in [2.05, 4.69) is 11.4 Å².